The molecule has 0 bridgehead atoms. The van der Waals surface area contributed by atoms with E-state index in [0.29, 0.717) is 11.6 Å². The monoisotopic (exact) mass is 265 g/mol. The molecular formula is C15H23NO3. The molecule has 0 amide bonds. The molecule has 0 heterocycles. The van der Waals surface area contributed by atoms with Crippen molar-refractivity contribution in [3.05, 3.63) is 23.8 Å². The van der Waals surface area contributed by atoms with Gasteiger partial charge in [0.2, 0.25) is 0 Å². The van der Waals surface area contributed by atoms with Crippen molar-refractivity contribution in [2.45, 2.75) is 45.4 Å². The van der Waals surface area contributed by atoms with Crippen LogP contribution >= 0.6 is 0 Å². The van der Waals surface area contributed by atoms with Gasteiger partial charge < -0.3 is 20.3 Å². The predicted octanol–water partition coefficient (Wildman–Crippen LogP) is 2.56. The first kappa shape index (κ1) is 14.2. The fourth-order valence-electron chi connectivity index (χ4n) is 2.94. The molecule has 1 aliphatic rings. The zero-order valence-electron chi connectivity index (χ0n) is 12.0. The molecule has 0 saturated heterocycles. The van der Waals surface area contributed by atoms with E-state index >= 15 is 0 Å². The fourth-order valence-corrected chi connectivity index (χ4v) is 2.94. The molecule has 3 atom stereocenters. The lowest BCUT2D eigenvalue weighted by atomic mass is 9.64. The molecule has 3 unspecified atom stereocenters. The van der Waals surface area contributed by atoms with Gasteiger partial charge in [0.15, 0.2) is 0 Å². The first-order chi connectivity index (χ1) is 8.87. The summed E-state index contributed by atoms with van der Waals surface area (Å²) in [6.45, 7) is 6.28. The van der Waals surface area contributed by atoms with E-state index in [2.05, 4.69) is 19.2 Å². The van der Waals surface area contributed by atoms with Gasteiger partial charge in [0, 0.05) is 24.6 Å². The van der Waals surface area contributed by atoms with Crippen LogP contribution in [-0.2, 0) is 4.74 Å². The maximum atomic E-state index is 9.87. The highest BCUT2D eigenvalue weighted by atomic mass is 16.5. The predicted molar refractivity (Wildman–Crippen MR) is 74.3 cm³/mol. The largest absolute Gasteiger partial charge is 0.507 e. The van der Waals surface area contributed by atoms with Crippen molar-refractivity contribution in [1.29, 1.82) is 0 Å². The zero-order chi connectivity index (χ0) is 14.2. The Morgan fingerprint density at radius 3 is 2.37 bits per heavy atom. The molecule has 1 aliphatic carbocycles. The van der Waals surface area contributed by atoms with Crippen LogP contribution in [0.15, 0.2) is 18.2 Å². The lowest BCUT2D eigenvalue weighted by Gasteiger charge is -2.52. The Morgan fingerprint density at radius 1 is 1.32 bits per heavy atom. The minimum Gasteiger partial charge on any atom is -0.507 e. The van der Waals surface area contributed by atoms with Gasteiger partial charge in [0.1, 0.15) is 11.5 Å². The first-order valence-electron chi connectivity index (χ1n) is 6.67. The average molecular weight is 265 g/mol. The second kappa shape index (κ2) is 5.02. The summed E-state index contributed by atoms with van der Waals surface area (Å²) >= 11 is 0. The van der Waals surface area contributed by atoms with E-state index in [0.717, 1.165) is 6.42 Å². The third kappa shape index (κ3) is 2.42. The van der Waals surface area contributed by atoms with Crippen LogP contribution in [0.4, 0.5) is 0 Å². The van der Waals surface area contributed by atoms with E-state index in [-0.39, 0.29) is 29.1 Å². The van der Waals surface area contributed by atoms with Crippen LogP contribution in [0, 0.1) is 5.41 Å². The van der Waals surface area contributed by atoms with E-state index in [9.17, 15) is 10.2 Å². The lowest BCUT2D eigenvalue weighted by molar-refractivity contribution is -0.1000. The third-order valence-electron chi connectivity index (χ3n) is 4.41. The number of methoxy groups -OCH3 is 1. The third-order valence-corrected chi connectivity index (χ3v) is 4.41. The number of hydrogen-bond donors (Lipinski definition) is 3. The van der Waals surface area contributed by atoms with Gasteiger partial charge in [0.25, 0.3) is 0 Å². The van der Waals surface area contributed by atoms with Gasteiger partial charge >= 0.3 is 0 Å². The molecule has 0 aliphatic heterocycles. The minimum atomic E-state index is -0.108. The molecule has 2 rings (SSSR count). The smallest absolute Gasteiger partial charge is 0.124 e. The quantitative estimate of drug-likeness (QED) is 0.783. The Balaban J connectivity index is 2.09. The maximum absolute atomic E-state index is 9.87. The normalized spacial score (nSPS) is 26.7. The zero-order valence-corrected chi connectivity index (χ0v) is 12.0. The van der Waals surface area contributed by atoms with Crippen LogP contribution in [0.3, 0.4) is 0 Å². The topological polar surface area (TPSA) is 61.7 Å². The van der Waals surface area contributed by atoms with Crippen LogP contribution in [0.25, 0.3) is 0 Å². The molecule has 0 aromatic heterocycles. The van der Waals surface area contributed by atoms with E-state index in [4.69, 9.17) is 4.74 Å². The lowest BCUT2D eigenvalue weighted by Crippen LogP contribution is -2.60. The molecule has 0 radical (unpaired) electrons. The number of hydrogen-bond acceptors (Lipinski definition) is 4. The number of aromatic hydroxyl groups is 2. The van der Waals surface area contributed by atoms with Gasteiger partial charge in [-0.2, -0.15) is 0 Å². The second-order valence-electron chi connectivity index (χ2n) is 5.93. The van der Waals surface area contributed by atoms with E-state index in [1.807, 2.05) is 6.92 Å². The average Bonchev–Trinajstić information content (AvgIpc) is 2.33. The van der Waals surface area contributed by atoms with Crippen molar-refractivity contribution >= 4 is 0 Å². The van der Waals surface area contributed by atoms with Gasteiger partial charge in [-0.15, -0.1) is 0 Å². The molecule has 19 heavy (non-hydrogen) atoms. The van der Waals surface area contributed by atoms with Crippen molar-refractivity contribution in [3.8, 4) is 11.5 Å². The molecule has 1 fully saturated rings. The number of benzene rings is 1. The molecule has 1 aromatic carbocycles. The van der Waals surface area contributed by atoms with Crippen LogP contribution in [0.1, 0.15) is 38.8 Å². The van der Waals surface area contributed by atoms with Crippen LogP contribution in [-0.4, -0.2) is 29.5 Å². The van der Waals surface area contributed by atoms with Crippen molar-refractivity contribution < 1.29 is 14.9 Å². The summed E-state index contributed by atoms with van der Waals surface area (Å²) < 4.78 is 5.43. The molecule has 106 valence electrons. The first-order valence-corrected chi connectivity index (χ1v) is 6.67. The number of phenolic OH excluding ortho intramolecular Hbond substituents is 2. The minimum absolute atomic E-state index is 0.0586. The molecule has 1 aromatic rings. The van der Waals surface area contributed by atoms with Crippen LogP contribution in [0.2, 0.25) is 0 Å². The summed E-state index contributed by atoms with van der Waals surface area (Å²) in [7, 11) is 1.74. The van der Waals surface area contributed by atoms with Crippen LogP contribution < -0.4 is 5.32 Å². The Morgan fingerprint density at radius 2 is 1.89 bits per heavy atom. The van der Waals surface area contributed by atoms with Gasteiger partial charge in [0.05, 0.1) is 11.7 Å². The summed E-state index contributed by atoms with van der Waals surface area (Å²) in [5.41, 5.74) is 0.613. The highest BCUT2D eigenvalue weighted by Crippen LogP contribution is 2.44. The SMILES string of the molecule is COC1CC(NC(C)c2c(O)cccc2O)C1(C)C. The van der Waals surface area contributed by atoms with Gasteiger partial charge in [-0.1, -0.05) is 19.9 Å². The number of phenols is 2. The van der Waals surface area contributed by atoms with Crippen molar-refractivity contribution in [2.75, 3.05) is 7.11 Å². The molecule has 1 saturated carbocycles. The highest BCUT2D eigenvalue weighted by molar-refractivity contribution is 5.45. The Labute approximate surface area is 114 Å². The summed E-state index contributed by atoms with van der Waals surface area (Å²) in [5.74, 6) is 0.251. The summed E-state index contributed by atoms with van der Waals surface area (Å²) in [6.07, 6.45) is 1.21. The summed E-state index contributed by atoms with van der Waals surface area (Å²) in [5, 5.41) is 23.2. The Bertz CT molecular complexity index is 438. The highest BCUT2D eigenvalue weighted by Gasteiger charge is 2.48. The number of nitrogens with one attached hydrogen (secondary N) is 1. The molecule has 0 spiro atoms. The van der Waals surface area contributed by atoms with Crippen molar-refractivity contribution in [2.24, 2.45) is 5.41 Å². The van der Waals surface area contributed by atoms with E-state index < -0.39 is 0 Å². The maximum Gasteiger partial charge on any atom is 0.124 e. The van der Waals surface area contributed by atoms with Crippen molar-refractivity contribution in [3.63, 3.8) is 0 Å². The van der Waals surface area contributed by atoms with E-state index in [1.165, 1.54) is 0 Å². The van der Waals surface area contributed by atoms with Crippen molar-refractivity contribution in [1.82, 2.24) is 5.32 Å². The Kier molecular flexibility index (Phi) is 3.74. The van der Waals surface area contributed by atoms with Crippen LogP contribution in [0.5, 0.6) is 11.5 Å². The van der Waals surface area contributed by atoms with E-state index in [1.54, 1.807) is 25.3 Å². The molecule has 4 nitrogen and oxygen atoms in total. The fraction of sp³-hybridized carbons (Fsp3) is 0.600. The van der Waals surface area contributed by atoms with Gasteiger partial charge in [-0.05, 0) is 25.5 Å². The van der Waals surface area contributed by atoms with Gasteiger partial charge in [-0.25, -0.2) is 0 Å². The molecule has 3 N–H and O–H groups in total. The van der Waals surface area contributed by atoms with Gasteiger partial charge in [-0.3, -0.25) is 0 Å². The second-order valence-corrected chi connectivity index (χ2v) is 5.93. The molecule has 4 heteroatoms. The number of rotatable bonds is 4. The summed E-state index contributed by atoms with van der Waals surface area (Å²) in [4.78, 5) is 0. The summed E-state index contributed by atoms with van der Waals surface area (Å²) in [6, 6.07) is 5.03. The number of ether oxygens (including phenoxy) is 1. The Hall–Kier alpha value is -1.26. The standard InChI is InChI=1S/C15H23NO3/c1-9(14-10(17)6-5-7-11(14)18)16-12-8-13(19-4)15(12,2)3/h5-7,9,12-13,16-18H,8H2,1-4H3. The molecular weight excluding hydrogens is 242 g/mol.